The van der Waals surface area contributed by atoms with Gasteiger partial charge in [-0.3, -0.25) is 9.36 Å². The molecule has 0 aliphatic heterocycles. The molecule has 0 saturated carbocycles. The molecule has 1 heterocycles. The third-order valence-electron chi connectivity index (χ3n) is 2.84. The van der Waals surface area contributed by atoms with Crippen molar-refractivity contribution < 1.29 is 4.79 Å². The minimum atomic E-state index is -0.453. The summed E-state index contributed by atoms with van der Waals surface area (Å²) in [6, 6.07) is 0. The van der Waals surface area contributed by atoms with Gasteiger partial charge >= 0.3 is 5.69 Å². The summed E-state index contributed by atoms with van der Waals surface area (Å²) in [7, 11) is 0. The van der Waals surface area contributed by atoms with Crippen LogP contribution in [0.1, 0.15) is 31.7 Å². The average Bonchev–Trinajstić information content (AvgIpc) is 2.52. The standard InChI is InChI=1S/C12H22N4O2/c1-8(2)4-6-16-10(3-5-13)9(7-11(14)17)15-12(16)18/h8H,3-7,13H2,1-2H3,(H2,14,17)(H,15,18). The second-order valence-electron chi connectivity index (χ2n) is 4.87. The van der Waals surface area contributed by atoms with Crippen molar-refractivity contribution in [1.82, 2.24) is 9.55 Å². The Morgan fingerprint density at radius 2 is 2.11 bits per heavy atom. The molecule has 102 valence electrons. The van der Waals surface area contributed by atoms with Crippen LogP contribution in [0, 0.1) is 5.92 Å². The molecule has 0 unspecified atom stereocenters. The number of nitrogens with one attached hydrogen (secondary N) is 1. The van der Waals surface area contributed by atoms with Gasteiger partial charge in [0.15, 0.2) is 0 Å². The zero-order valence-electron chi connectivity index (χ0n) is 11.0. The summed E-state index contributed by atoms with van der Waals surface area (Å²) in [5.74, 6) is 0.0580. The Kier molecular flexibility index (Phi) is 5.15. The SMILES string of the molecule is CC(C)CCn1c(CCN)c(CC(N)=O)[nH]c1=O. The smallest absolute Gasteiger partial charge is 0.325 e. The van der Waals surface area contributed by atoms with Crippen LogP contribution in [0.15, 0.2) is 4.79 Å². The predicted octanol–water partition coefficient (Wildman–Crippen LogP) is -0.248. The third kappa shape index (κ3) is 3.73. The Bertz CT molecular complexity index is 459. The summed E-state index contributed by atoms with van der Waals surface area (Å²) >= 11 is 0. The largest absolute Gasteiger partial charge is 0.369 e. The fourth-order valence-electron chi connectivity index (χ4n) is 1.92. The molecule has 18 heavy (non-hydrogen) atoms. The van der Waals surface area contributed by atoms with Crippen LogP contribution < -0.4 is 17.2 Å². The highest BCUT2D eigenvalue weighted by Crippen LogP contribution is 2.09. The molecule has 5 N–H and O–H groups in total. The second kappa shape index (κ2) is 6.39. The van der Waals surface area contributed by atoms with Gasteiger partial charge in [-0.2, -0.15) is 0 Å². The van der Waals surface area contributed by atoms with Gasteiger partial charge in [-0.25, -0.2) is 4.79 Å². The maximum Gasteiger partial charge on any atom is 0.325 e. The van der Waals surface area contributed by atoms with Gasteiger partial charge in [-0.05, 0) is 18.9 Å². The van der Waals surface area contributed by atoms with Crippen molar-refractivity contribution in [2.75, 3.05) is 6.54 Å². The summed E-state index contributed by atoms with van der Waals surface area (Å²) in [5.41, 5.74) is 11.9. The lowest BCUT2D eigenvalue weighted by molar-refractivity contribution is -0.117. The molecular formula is C12H22N4O2. The number of aromatic amines is 1. The van der Waals surface area contributed by atoms with Crippen LogP contribution in [0.5, 0.6) is 0 Å². The number of H-pyrrole nitrogens is 1. The molecule has 0 spiro atoms. The van der Waals surface area contributed by atoms with Crippen molar-refractivity contribution in [3.8, 4) is 0 Å². The lowest BCUT2D eigenvalue weighted by Gasteiger charge is -2.09. The molecule has 0 bridgehead atoms. The first-order valence-electron chi connectivity index (χ1n) is 6.24. The number of nitrogens with zero attached hydrogens (tertiary/aromatic N) is 1. The number of primary amides is 1. The number of carbonyl (C=O) groups is 1. The van der Waals surface area contributed by atoms with E-state index in [0.29, 0.717) is 31.1 Å². The van der Waals surface area contributed by atoms with Crippen LogP contribution in [0.2, 0.25) is 0 Å². The van der Waals surface area contributed by atoms with Crippen molar-refractivity contribution in [2.45, 2.75) is 39.7 Å². The Hall–Kier alpha value is -1.56. The molecular weight excluding hydrogens is 232 g/mol. The van der Waals surface area contributed by atoms with E-state index in [0.717, 1.165) is 12.1 Å². The van der Waals surface area contributed by atoms with E-state index in [1.54, 1.807) is 4.57 Å². The van der Waals surface area contributed by atoms with Crippen molar-refractivity contribution in [3.63, 3.8) is 0 Å². The van der Waals surface area contributed by atoms with Gasteiger partial charge in [0.2, 0.25) is 5.91 Å². The molecule has 6 nitrogen and oxygen atoms in total. The average molecular weight is 254 g/mol. The van der Waals surface area contributed by atoms with Crippen LogP contribution in [0.25, 0.3) is 0 Å². The summed E-state index contributed by atoms with van der Waals surface area (Å²) in [5, 5.41) is 0. The van der Waals surface area contributed by atoms with E-state index in [1.165, 1.54) is 0 Å². The molecule has 0 saturated heterocycles. The molecule has 1 amide bonds. The predicted molar refractivity (Wildman–Crippen MR) is 70.2 cm³/mol. The maximum atomic E-state index is 11.8. The van der Waals surface area contributed by atoms with Gasteiger partial charge in [0.25, 0.3) is 0 Å². The van der Waals surface area contributed by atoms with Crippen LogP contribution in [-0.4, -0.2) is 22.0 Å². The van der Waals surface area contributed by atoms with Gasteiger partial charge in [-0.1, -0.05) is 13.8 Å². The highest BCUT2D eigenvalue weighted by molar-refractivity contribution is 5.76. The first kappa shape index (κ1) is 14.5. The number of carbonyl (C=O) groups excluding carboxylic acids is 1. The van der Waals surface area contributed by atoms with Crippen LogP contribution in [0.3, 0.4) is 0 Å². The summed E-state index contributed by atoms with van der Waals surface area (Å²) in [6.45, 7) is 5.28. The van der Waals surface area contributed by atoms with E-state index >= 15 is 0 Å². The zero-order valence-corrected chi connectivity index (χ0v) is 11.0. The maximum absolute atomic E-state index is 11.8. The fourth-order valence-corrected chi connectivity index (χ4v) is 1.92. The number of nitrogens with two attached hydrogens (primary N) is 2. The van der Waals surface area contributed by atoms with E-state index in [9.17, 15) is 9.59 Å². The normalized spacial score (nSPS) is 11.1. The fraction of sp³-hybridized carbons (Fsp3) is 0.667. The van der Waals surface area contributed by atoms with Crippen molar-refractivity contribution in [1.29, 1.82) is 0 Å². The Morgan fingerprint density at radius 3 is 2.61 bits per heavy atom. The number of imidazole rings is 1. The van der Waals surface area contributed by atoms with Crippen LogP contribution >= 0.6 is 0 Å². The first-order chi connectivity index (χ1) is 8.45. The molecule has 0 aliphatic rings. The van der Waals surface area contributed by atoms with E-state index in [2.05, 4.69) is 18.8 Å². The van der Waals surface area contributed by atoms with E-state index in [4.69, 9.17) is 11.5 Å². The number of hydrogen-bond acceptors (Lipinski definition) is 3. The number of hydrogen-bond donors (Lipinski definition) is 3. The molecule has 0 aliphatic carbocycles. The minimum Gasteiger partial charge on any atom is -0.369 e. The van der Waals surface area contributed by atoms with E-state index < -0.39 is 5.91 Å². The molecule has 6 heteroatoms. The lowest BCUT2D eigenvalue weighted by Crippen LogP contribution is -2.21. The van der Waals surface area contributed by atoms with Gasteiger partial charge in [0.1, 0.15) is 0 Å². The first-order valence-corrected chi connectivity index (χ1v) is 6.24. The molecule has 1 aromatic rings. The van der Waals surface area contributed by atoms with Gasteiger partial charge in [-0.15, -0.1) is 0 Å². The summed E-state index contributed by atoms with van der Waals surface area (Å²) in [6.07, 6.45) is 1.53. The quantitative estimate of drug-likeness (QED) is 0.624. The van der Waals surface area contributed by atoms with Gasteiger partial charge in [0, 0.05) is 24.4 Å². The Morgan fingerprint density at radius 1 is 1.44 bits per heavy atom. The molecule has 0 fully saturated rings. The monoisotopic (exact) mass is 254 g/mol. The molecule has 0 aromatic carbocycles. The highest BCUT2D eigenvalue weighted by atomic mass is 16.1. The van der Waals surface area contributed by atoms with Crippen LogP contribution in [0.4, 0.5) is 0 Å². The van der Waals surface area contributed by atoms with Crippen molar-refractivity contribution in [2.24, 2.45) is 17.4 Å². The zero-order chi connectivity index (χ0) is 13.7. The Balaban J connectivity index is 3.02. The number of amides is 1. The lowest BCUT2D eigenvalue weighted by atomic mass is 10.1. The number of rotatable bonds is 7. The van der Waals surface area contributed by atoms with Crippen molar-refractivity contribution in [3.05, 3.63) is 21.9 Å². The van der Waals surface area contributed by atoms with Crippen molar-refractivity contribution >= 4 is 5.91 Å². The van der Waals surface area contributed by atoms with Gasteiger partial charge in [0.05, 0.1) is 6.42 Å². The van der Waals surface area contributed by atoms with Gasteiger partial charge < -0.3 is 16.5 Å². The summed E-state index contributed by atoms with van der Waals surface area (Å²) < 4.78 is 1.67. The molecule has 1 aromatic heterocycles. The van der Waals surface area contributed by atoms with E-state index in [1.807, 2.05) is 0 Å². The summed E-state index contributed by atoms with van der Waals surface area (Å²) in [4.78, 5) is 25.5. The molecule has 0 atom stereocenters. The topological polar surface area (TPSA) is 107 Å². The number of aromatic nitrogens is 2. The minimum absolute atomic E-state index is 0.0548. The van der Waals surface area contributed by atoms with Crippen LogP contribution in [-0.2, 0) is 24.2 Å². The second-order valence-corrected chi connectivity index (χ2v) is 4.87. The Labute approximate surface area is 106 Å². The molecule has 1 rings (SSSR count). The highest BCUT2D eigenvalue weighted by Gasteiger charge is 2.15. The van der Waals surface area contributed by atoms with E-state index in [-0.39, 0.29) is 12.1 Å². The third-order valence-corrected chi connectivity index (χ3v) is 2.84. The molecule has 0 radical (unpaired) electrons.